The van der Waals surface area contributed by atoms with E-state index in [1.165, 1.54) is 5.06 Å². The first-order valence-electron chi connectivity index (χ1n) is 7.09. The van der Waals surface area contributed by atoms with Crippen LogP contribution >= 0.6 is 0 Å². The Morgan fingerprint density at radius 2 is 1.86 bits per heavy atom. The third-order valence-electron chi connectivity index (χ3n) is 3.04. The highest BCUT2D eigenvalue weighted by molar-refractivity contribution is 5.67. The number of carbonyl (C=O) groups is 1. The molecule has 0 unspecified atom stereocenters. The first kappa shape index (κ1) is 15.4. The zero-order valence-electron chi connectivity index (χ0n) is 12.8. The summed E-state index contributed by atoms with van der Waals surface area (Å²) in [5.41, 5.74) is 6.98. The Morgan fingerprint density at radius 1 is 1.19 bits per heavy atom. The molecule has 0 bridgehead atoms. The van der Waals surface area contributed by atoms with Crippen LogP contribution in [0.5, 0.6) is 0 Å². The van der Waals surface area contributed by atoms with Crippen LogP contribution < -0.4 is 10.6 Å². The maximum Gasteiger partial charge on any atom is 0.434 e. The topological polar surface area (TPSA) is 68.0 Å². The lowest BCUT2D eigenvalue weighted by Gasteiger charge is -2.25. The standard InChI is InChI=1S/C15H23N3O3/c1-15(2,3)21-14(19)18-9-8-17(10-11-20-18)13-6-4-12(16)5-7-13/h4-7H,8-11,16H2,1-3H3. The van der Waals surface area contributed by atoms with Gasteiger partial charge < -0.3 is 15.4 Å². The maximum absolute atomic E-state index is 12.0. The molecule has 0 radical (unpaired) electrons. The molecule has 1 saturated heterocycles. The van der Waals surface area contributed by atoms with Gasteiger partial charge in [0, 0.05) is 24.5 Å². The van der Waals surface area contributed by atoms with Crippen LogP contribution in [0.2, 0.25) is 0 Å². The van der Waals surface area contributed by atoms with Gasteiger partial charge in [-0.1, -0.05) is 0 Å². The summed E-state index contributed by atoms with van der Waals surface area (Å²) in [5.74, 6) is 0. The molecule has 116 valence electrons. The van der Waals surface area contributed by atoms with Crippen molar-refractivity contribution in [2.45, 2.75) is 26.4 Å². The third kappa shape index (κ3) is 4.53. The molecule has 1 heterocycles. The summed E-state index contributed by atoms with van der Waals surface area (Å²) >= 11 is 0. The number of nitrogen functional groups attached to an aromatic ring is 1. The number of rotatable bonds is 1. The molecule has 0 aromatic heterocycles. The average Bonchev–Trinajstić information content (AvgIpc) is 2.63. The molecule has 1 fully saturated rings. The summed E-state index contributed by atoms with van der Waals surface area (Å²) in [6.45, 7) is 7.80. The van der Waals surface area contributed by atoms with Crippen LogP contribution in [-0.2, 0) is 9.57 Å². The predicted octanol–water partition coefficient (Wildman–Crippen LogP) is 2.26. The summed E-state index contributed by atoms with van der Waals surface area (Å²) in [6.07, 6.45) is -0.443. The predicted molar refractivity (Wildman–Crippen MR) is 82.0 cm³/mol. The van der Waals surface area contributed by atoms with Gasteiger partial charge in [-0.15, -0.1) is 0 Å². The summed E-state index contributed by atoms with van der Waals surface area (Å²) in [5, 5.41) is 1.29. The van der Waals surface area contributed by atoms with Crippen molar-refractivity contribution < 1.29 is 14.4 Å². The summed E-state index contributed by atoms with van der Waals surface area (Å²) < 4.78 is 5.32. The first-order chi connectivity index (χ1) is 9.85. The van der Waals surface area contributed by atoms with Crippen molar-refractivity contribution in [3.05, 3.63) is 24.3 Å². The number of hydroxylamine groups is 2. The van der Waals surface area contributed by atoms with Crippen molar-refractivity contribution in [3.8, 4) is 0 Å². The van der Waals surface area contributed by atoms with Gasteiger partial charge in [-0.3, -0.25) is 4.84 Å². The number of benzene rings is 1. The summed E-state index contributed by atoms with van der Waals surface area (Å²) in [7, 11) is 0. The molecular formula is C15H23N3O3. The van der Waals surface area contributed by atoms with E-state index in [2.05, 4.69) is 4.90 Å². The molecule has 2 rings (SSSR count). The Bertz CT molecular complexity index is 482. The molecule has 0 spiro atoms. The van der Waals surface area contributed by atoms with Gasteiger partial charge in [0.25, 0.3) is 0 Å². The second kappa shape index (κ2) is 6.22. The van der Waals surface area contributed by atoms with Gasteiger partial charge in [0.15, 0.2) is 0 Å². The SMILES string of the molecule is CC(C)(C)OC(=O)N1CCN(c2ccc(N)cc2)CCO1. The lowest BCUT2D eigenvalue weighted by Crippen LogP contribution is -2.38. The van der Waals surface area contributed by atoms with Gasteiger partial charge in [-0.25, -0.2) is 4.79 Å². The monoisotopic (exact) mass is 293 g/mol. The molecule has 1 aliphatic heterocycles. The Hall–Kier alpha value is -1.95. The highest BCUT2D eigenvalue weighted by Crippen LogP contribution is 2.18. The van der Waals surface area contributed by atoms with Crippen LogP contribution in [0.3, 0.4) is 0 Å². The Morgan fingerprint density at radius 3 is 2.48 bits per heavy atom. The minimum atomic E-state index is -0.524. The normalized spacial score (nSPS) is 16.5. The Labute approximate surface area is 125 Å². The molecule has 0 atom stereocenters. The molecule has 0 aliphatic carbocycles. The van der Waals surface area contributed by atoms with E-state index < -0.39 is 11.7 Å². The number of hydrogen-bond donors (Lipinski definition) is 1. The number of amides is 1. The minimum absolute atomic E-state index is 0.434. The number of hydrogen-bond acceptors (Lipinski definition) is 5. The summed E-state index contributed by atoms with van der Waals surface area (Å²) in [6, 6.07) is 7.68. The van der Waals surface area contributed by atoms with Gasteiger partial charge in [-0.05, 0) is 45.0 Å². The van der Waals surface area contributed by atoms with E-state index in [0.717, 1.165) is 11.4 Å². The highest BCUT2D eigenvalue weighted by atomic mass is 16.7. The molecule has 21 heavy (non-hydrogen) atoms. The zero-order valence-corrected chi connectivity index (χ0v) is 12.8. The van der Waals surface area contributed by atoms with Gasteiger partial charge in [-0.2, -0.15) is 5.06 Å². The van der Waals surface area contributed by atoms with Crippen molar-refractivity contribution in [1.29, 1.82) is 0 Å². The second-order valence-corrected chi connectivity index (χ2v) is 5.99. The second-order valence-electron chi connectivity index (χ2n) is 5.99. The van der Waals surface area contributed by atoms with E-state index >= 15 is 0 Å². The van der Waals surface area contributed by atoms with Crippen molar-refractivity contribution in [2.24, 2.45) is 0 Å². The molecule has 6 nitrogen and oxygen atoms in total. The zero-order chi connectivity index (χ0) is 15.5. The van der Waals surface area contributed by atoms with E-state index in [4.69, 9.17) is 15.3 Å². The molecule has 2 N–H and O–H groups in total. The number of anilines is 2. The minimum Gasteiger partial charge on any atom is -0.442 e. The van der Waals surface area contributed by atoms with E-state index in [9.17, 15) is 4.79 Å². The van der Waals surface area contributed by atoms with Gasteiger partial charge in [0.1, 0.15) is 5.60 Å². The Balaban J connectivity index is 1.95. The Kier molecular flexibility index (Phi) is 4.57. The number of nitrogens with zero attached hydrogens (tertiary/aromatic N) is 2. The van der Waals surface area contributed by atoms with Gasteiger partial charge in [0.05, 0.1) is 13.2 Å². The molecule has 1 aromatic carbocycles. The molecule has 6 heteroatoms. The smallest absolute Gasteiger partial charge is 0.434 e. The van der Waals surface area contributed by atoms with Crippen molar-refractivity contribution in [1.82, 2.24) is 5.06 Å². The van der Waals surface area contributed by atoms with Crippen LogP contribution in [0.4, 0.5) is 16.2 Å². The first-order valence-corrected chi connectivity index (χ1v) is 7.09. The van der Waals surface area contributed by atoms with Crippen molar-refractivity contribution in [3.63, 3.8) is 0 Å². The lowest BCUT2D eigenvalue weighted by molar-refractivity contribution is -0.137. The van der Waals surface area contributed by atoms with E-state index in [1.807, 2.05) is 45.0 Å². The molecule has 0 saturated carbocycles. The van der Waals surface area contributed by atoms with Gasteiger partial charge >= 0.3 is 6.09 Å². The third-order valence-corrected chi connectivity index (χ3v) is 3.04. The molecular weight excluding hydrogens is 270 g/mol. The number of ether oxygens (including phenoxy) is 1. The van der Waals surface area contributed by atoms with Gasteiger partial charge in [0.2, 0.25) is 0 Å². The summed E-state index contributed by atoms with van der Waals surface area (Å²) in [4.78, 5) is 19.6. The van der Waals surface area contributed by atoms with Crippen LogP contribution in [0.15, 0.2) is 24.3 Å². The fourth-order valence-corrected chi connectivity index (χ4v) is 2.05. The fourth-order valence-electron chi connectivity index (χ4n) is 2.05. The van der Waals surface area contributed by atoms with Crippen LogP contribution in [0.25, 0.3) is 0 Å². The van der Waals surface area contributed by atoms with E-state index in [1.54, 1.807) is 0 Å². The number of carbonyl (C=O) groups excluding carboxylic acids is 1. The van der Waals surface area contributed by atoms with Crippen LogP contribution in [0, 0.1) is 0 Å². The van der Waals surface area contributed by atoms with Crippen molar-refractivity contribution in [2.75, 3.05) is 36.9 Å². The largest absolute Gasteiger partial charge is 0.442 e. The van der Waals surface area contributed by atoms with Crippen LogP contribution in [0.1, 0.15) is 20.8 Å². The quantitative estimate of drug-likeness (QED) is 0.804. The number of nitrogens with two attached hydrogens (primary N) is 1. The fraction of sp³-hybridized carbons (Fsp3) is 0.533. The van der Waals surface area contributed by atoms with E-state index in [-0.39, 0.29) is 0 Å². The average molecular weight is 293 g/mol. The van der Waals surface area contributed by atoms with Crippen LogP contribution in [-0.4, -0.2) is 43.0 Å². The van der Waals surface area contributed by atoms with E-state index in [0.29, 0.717) is 26.2 Å². The van der Waals surface area contributed by atoms with Crippen molar-refractivity contribution >= 4 is 17.5 Å². The molecule has 1 aliphatic rings. The molecule has 1 aromatic rings. The highest BCUT2D eigenvalue weighted by Gasteiger charge is 2.25. The lowest BCUT2D eigenvalue weighted by atomic mass is 10.2. The maximum atomic E-state index is 12.0. The molecule has 1 amide bonds.